The van der Waals surface area contributed by atoms with Crippen LogP contribution in [0.5, 0.6) is 11.5 Å². The summed E-state index contributed by atoms with van der Waals surface area (Å²) in [6.45, 7) is 5.23. The van der Waals surface area contributed by atoms with Crippen LogP contribution < -0.4 is 26.4 Å². The summed E-state index contributed by atoms with van der Waals surface area (Å²) in [6.07, 6.45) is 8.48. The summed E-state index contributed by atoms with van der Waals surface area (Å²) >= 11 is 0. The summed E-state index contributed by atoms with van der Waals surface area (Å²) in [7, 11) is 1.52. The zero-order chi connectivity index (χ0) is 47.3. The van der Waals surface area contributed by atoms with Crippen LogP contribution in [0.2, 0.25) is 0 Å². The highest BCUT2D eigenvalue weighted by Gasteiger charge is 2.61. The average Bonchev–Trinajstić information content (AvgIpc) is 3.38. The Balaban J connectivity index is 0.914. The largest absolute Gasteiger partial charge is 0.504 e. The normalized spacial score (nSPS) is 35.2. The van der Waals surface area contributed by atoms with Crippen molar-refractivity contribution in [3.63, 3.8) is 0 Å². The van der Waals surface area contributed by atoms with Crippen molar-refractivity contribution in [2.75, 3.05) is 33.3 Å². The maximum absolute atomic E-state index is 14.7. The fourth-order valence-electron chi connectivity index (χ4n) is 15.0. The molecule has 9 N–H and O–H groups in total. The van der Waals surface area contributed by atoms with Gasteiger partial charge in [-0.1, -0.05) is 67.3 Å². The summed E-state index contributed by atoms with van der Waals surface area (Å²) in [5.74, 6) is 9.90. The minimum absolute atomic E-state index is 0.000813. The van der Waals surface area contributed by atoms with Gasteiger partial charge in [-0.3, -0.25) is 9.59 Å². The number of dihydropyridines is 1. The molecule has 0 radical (unpaired) electrons. The quantitative estimate of drug-likeness (QED) is 0.0944. The van der Waals surface area contributed by atoms with Crippen LogP contribution in [0.1, 0.15) is 106 Å². The molecule has 362 valence electrons. The Bertz CT molecular complexity index is 2510. The predicted octanol–water partition coefficient (Wildman–Crippen LogP) is 6.37. The molecule has 15 atom stereocenters. The Kier molecular flexibility index (Phi) is 13.5. The number of hydrogen-bond donors (Lipinski definition) is 8. The van der Waals surface area contributed by atoms with Gasteiger partial charge in [0.25, 0.3) is 0 Å². The molecule has 5 aliphatic carbocycles. The third kappa shape index (κ3) is 8.89. The molecule has 2 heterocycles. The first-order valence-electron chi connectivity index (χ1n) is 25.8. The van der Waals surface area contributed by atoms with E-state index in [9.17, 15) is 30.0 Å². The van der Waals surface area contributed by atoms with Crippen LogP contribution in [0.25, 0.3) is 10.8 Å². The summed E-state index contributed by atoms with van der Waals surface area (Å²) in [6, 6.07) is 18.5. The molecule has 0 aromatic heterocycles. The van der Waals surface area contributed by atoms with Gasteiger partial charge in [-0.15, -0.1) is 0 Å². The zero-order valence-corrected chi connectivity index (χ0v) is 39.8. The second-order valence-electron chi connectivity index (χ2n) is 21.7. The molecular formula is C57H72N4O7. The monoisotopic (exact) mass is 925 g/mol. The number of hydrogen-bond acceptors (Lipinski definition) is 11. The molecule has 11 nitrogen and oxygen atoms in total. The van der Waals surface area contributed by atoms with Crippen LogP contribution in [0.4, 0.5) is 0 Å². The van der Waals surface area contributed by atoms with Crippen LogP contribution >= 0.6 is 0 Å². The van der Waals surface area contributed by atoms with Crippen molar-refractivity contribution in [3.05, 3.63) is 94.8 Å². The second-order valence-corrected chi connectivity index (χ2v) is 21.7. The number of Topliss-reactive ketones (excluding diaryl/α,β-unsaturated/α-hetero) is 2. The van der Waals surface area contributed by atoms with Gasteiger partial charge in [0.1, 0.15) is 11.2 Å². The van der Waals surface area contributed by atoms with Crippen LogP contribution in [-0.4, -0.2) is 89.6 Å². The fourth-order valence-corrected chi connectivity index (χ4v) is 15.0. The highest BCUT2D eigenvalue weighted by molar-refractivity contribution is 5.89. The van der Waals surface area contributed by atoms with Crippen LogP contribution in [0, 0.1) is 64.6 Å². The molecule has 5 fully saturated rings. The van der Waals surface area contributed by atoms with E-state index in [1.54, 1.807) is 6.07 Å². The molecule has 11 heteroatoms. The predicted molar refractivity (Wildman–Crippen MR) is 263 cm³/mol. The number of nitrogens with one attached hydrogen (secondary N) is 3. The lowest BCUT2D eigenvalue weighted by molar-refractivity contribution is -0.166. The number of ether oxygens (including phenoxy) is 1. The van der Waals surface area contributed by atoms with Crippen LogP contribution in [-0.2, 0) is 16.0 Å². The Labute approximate surface area is 401 Å². The van der Waals surface area contributed by atoms with Gasteiger partial charge in [0.2, 0.25) is 0 Å². The Hall–Kier alpha value is -4.70. The van der Waals surface area contributed by atoms with E-state index in [4.69, 9.17) is 10.5 Å². The number of ketones is 2. The molecule has 3 aromatic rings. The van der Waals surface area contributed by atoms with Gasteiger partial charge in [0.15, 0.2) is 17.3 Å². The molecular weight excluding hydrogens is 853 g/mol. The molecule has 0 unspecified atom stereocenters. The maximum Gasteiger partial charge on any atom is 0.160 e. The Morgan fingerprint density at radius 3 is 2.60 bits per heavy atom. The molecule has 0 amide bonds. The Morgan fingerprint density at radius 1 is 0.971 bits per heavy atom. The number of rotatable bonds is 12. The average molecular weight is 925 g/mol. The third-order valence-electron chi connectivity index (χ3n) is 18.1. The van der Waals surface area contributed by atoms with Crippen molar-refractivity contribution < 1.29 is 34.8 Å². The molecule has 10 rings (SSSR count). The summed E-state index contributed by atoms with van der Waals surface area (Å²) in [5, 5.41) is 60.6. The van der Waals surface area contributed by atoms with Crippen molar-refractivity contribution in [1.82, 2.24) is 16.0 Å². The molecule has 1 spiro atoms. The standard InChI is InChI=1S/C57H72N4O7/c1-3-59-31-46-45(22-40-30-61-47-28-42(63)21-39-23-49(65)56(46)55(40)54(39)47)37-15-18-57(52(67)25-37)17-14-33(44-29-48(64)50(68-2)24-36(44)11-13-51(57)66)10-12-41(62)27-43(38-16-19-60-53(58)26-38)35-9-8-32-6-4-5-7-34(32)20-35/h4-9,16,20,24,26,29,33,37,39-41,43,45-47,49,52,54-56,59-62,64-65,67H,3,10-13,15,18-19,21-23,25,27-28,30-31,58H2,1-2H3/t33-,37-,39-,40+,41-,43-,45-,46-,47+,49+,52+,54-,55-,56-,57+/m0/s1. The van der Waals surface area contributed by atoms with E-state index in [1.165, 1.54) is 7.11 Å². The molecule has 2 aliphatic heterocycles. The number of aryl methyl sites for hydroxylation is 1. The SMILES string of the molecule is CCNC[C@H]1[C@H]([C@H]2CC[C@@]3(C#C[C@H](CC[C@H](O)C[C@H](C4=CCNC(N)=C4)c4ccc5ccccc5c4)c4cc(O)c(OC)cc4CCC3=O)[C@H](O)C2)C[C@@H]2CN[C@@H]3CC(=O)C[C@H]4C[C@@H](O)[C@H]1[C@@H]2[C@@H]43. The highest BCUT2D eigenvalue weighted by atomic mass is 16.5. The first-order chi connectivity index (χ1) is 32.9. The van der Waals surface area contributed by atoms with Gasteiger partial charge in [-0.25, -0.2) is 0 Å². The first-order valence-corrected chi connectivity index (χ1v) is 25.8. The minimum atomic E-state index is -1.24. The first kappa shape index (κ1) is 47.0. The number of piperidine rings is 1. The number of allylic oxidation sites excluding steroid dienone is 2. The van der Waals surface area contributed by atoms with Crippen molar-refractivity contribution in [2.45, 2.75) is 120 Å². The van der Waals surface area contributed by atoms with E-state index in [0.717, 1.165) is 65.5 Å². The van der Waals surface area contributed by atoms with E-state index >= 15 is 0 Å². The number of aliphatic hydroxyl groups is 3. The summed E-state index contributed by atoms with van der Waals surface area (Å²) in [4.78, 5) is 27.5. The van der Waals surface area contributed by atoms with E-state index in [-0.39, 0.29) is 59.5 Å². The Morgan fingerprint density at radius 2 is 1.81 bits per heavy atom. The summed E-state index contributed by atoms with van der Waals surface area (Å²) < 4.78 is 5.56. The number of nitrogens with two attached hydrogens (primary N) is 1. The lowest BCUT2D eigenvalue weighted by Crippen LogP contribution is -2.66. The topological polar surface area (TPSA) is 186 Å². The molecule has 3 aromatic carbocycles. The number of phenols is 1. The maximum atomic E-state index is 14.7. The van der Waals surface area contributed by atoms with E-state index in [2.05, 4.69) is 71.1 Å². The van der Waals surface area contributed by atoms with E-state index in [0.29, 0.717) is 99.4 Å². The number of carbonyl (C=O) groups excluding carboxylic acids is 2. The van der Waals surface area contributed by atoms with Crippen LogP contribution in [0.3, 0.4) is 0 Å². The zero-order valence-electron chi connectivity index (χ0n) is 39.8. The number of methoxy groups -OCH3 is 1. The number of benzene rings is 3. The number of fused-ring (bicyclic) bond motifs is 2. The number of aromatic hydroxyl groups is 1. The van der Waals surface area contributed by atoms with Gasteiger partial charge in [-0.05, 0) is 176 Å². The van der Waals surface area contributed by atoms with Crippen molar-refractivity contribution >= 4 is 22.3 Å². The molecule has 4 saturated carbocycles. The van der Waals surface area contributed by atoms with Crippen molar-refractivity contribution in [3.8, 4) is 23.3 Å². The van der Waals surface area contributed by atoms with Crippen molar-refractivity contribution in [1.29, 1.82) is 0 Å². The smallest absolute Gasteiger partial charge is 0.160 e. The summed E-state index contributed by atoms with van der Waals surface area (Å²) in [5.41, 5.74) is 8.90. The fraction of sp³-hybridized carbons (Fsp3) is 0.579. The number of phenolic OH excluding ortho intramolecular Hbond substituents is 1. The second kappa shape index (κ2) is 19.6. The van der Waals surface area contributed by atoms with E-state index < -0.39 is 29.6 Å². The molecule has 68 heavy (non-hydrogen) atoms. The van der Waals surface area contributed by atoms with Crippen LogP contribution in [0.15, 0.2) is 78.1 Å². The van der Waals surface area contributed by atoms with Gasteiger partial charge in [0.05, 0.1) is 31.2 Å². The number of aliphatic hydroxyl groups excluding tert-OH is 3. The lowest BCUT2D eigenvalue weighted by Gasteiger charge is -2.63. The van der Waals surface area contributed by atoms with Gasteiger partial charge >= 0.3 is 0 Å². The molecule has 1 saturated heterocycles. The number of carbonyl (C=O) groups is 2. The highest BCUT2D eigenvalue weighted by Crippen LogP contribution is 2.60. The van der Waals surface area contributed by atoms with Gasteiger partial charge < -0.3 is 46.8 Å². The lowest BCUT2D eigenvalue weighted by atomic mass is 9.45. The van der Waals surface area contributed by atoms with Gasteiger partial charge in [-0.2, -0.15) is 0 Å². The third-order valence-corrected chi connectivity index (χ3v) is 18.1. The minimum Gasteiger partial charge on any atom is -0.504 e. The van der Waals surface area contributed by atoms with Gasteiger partial charge in [0, 0.05) is 43.7 Å². The molecule has 7 aliphatic rings. The van der Waals surface area contributed by atoms with Crippen molar-refractivity contribution in [2.24, 2.45) is 58.5 Å². The molecule has 0 bridgehead atoms. The van der Waals surface area contributed by atoms with E-state index in [1.807, 2.05) is 24.3 Å².